The lowest BCUT2D eigenvalue weighted by Gasteiger charge is -2.33. The minimum absolute atomic E-state index is 0.0984. The van der Waals surface area contributed by atoms with Crippen molar-refractivity contribution in [2.75, 3.05) is 17.1 Å². The van der Waals surface area contributed by atoms with E-state index < -0.39 is 28.5 Å². The van der Waals surface area contributed by atoms with Gasteiger partial charge in [-0.15, -0.1) is 0 Å². The van der Waals surface area contributed by atoms with Gasteiger partial charge in [0.2, 0.25) is 21.8 Å². The lowest BCUT2D eigenvalue weighted by molar-refractivity contribution is -0.140. The molecule has 1 N–H and O–H groups in total. The average molecular weight is 555 g/mol. The van der Waals surface area contributed by atoms with Gasteiger partial charge in [0.25, 0.3) is 0 Å². The molecule has 1 aliphatic rings. The molecule has 10 heteroatoms. The van der Waals surface area contributed by atoms with E-state index in [1.165, 1.54) is 11.0 Å². The van der Waals surface area contributed by atoms with E-state index in [0.29, 0.717) is 16.5 Å². The zero-order valence-corrected chi connectivity index (χ0v) is 23.2. The fourth-order valence-corrected chi connectivity index (χ4v) is 5.57. The van der Waals surface area contributed by atoms with Crippen molar-refractivity contribution >= 4 is 50.7 Å². The maximum atomic E-state index is 13.7. The van der Waals surface area contributed by atoms with Gasteiger partial charge < -0.3 is 10.2 Å². The molecule has 0 bridgehead atoms. The molecule has 1 fully saturated rings. The highest BCUT2D eigenvalue weighted by Crippen LogP contribution is 2.26. The molecule has 2 aromatic rings. The van der Waals surface area contributed by atoms with Gasteiger partial charge in [-0.3, -0.25) is 13.9 Å². The molecular weight excluding hydrogens is 521 g/mol. The molecule has 0 aliphatic heterocycles. The summed E-state index contributed by atoms with van der Waals surface area (Å²) in [5.74, 6) is -0.712. The van der Waals surface area contributed by atoms with Crippen LogP contribution < -0.4 is 9.62 Å². The number of rotatable bonds is 10. The Morgan fingerprint density at radius 2 is 1.72 bits per heavy atom. The van der Waals surface area contributed by atoms with Crippen LogP contribution >= 0.6 is 23.2 Å². The predicted octanol–water partition coefficient (Wildman–Crippen LogP) is 4.93. The van der Waals surface area contributed by atoms with Crippen molar-refractivity contribution in [3.05, 3.63) is 63.6 Å². The summed E-state index contributed by atoms with van der Waals surface area (Å²) in [6.07, 6.45) is 5.40. The van der Waals surface area contributed by atoms with Crippen molar-refractivity contribution in [2.24, 2.45) is 0 Å². The summed E-state index contributed by atoms with van der Waals surface area (Å²) in [6, 6.07) is 11.2. The number of nitrogens with zero attached hydrogens (tertiary/aromatic N) is 2. The Bertz CT molecular complexity index is 1180. The highest BCUT2D eigenvalue weighted by Gasteiger charge is 2.33. The smallest absolute Gasteiger partial charge is 0.244 e. The van der Waals surface area contributed by atoms with E-state index in [2.05, 4.69) is 5.32 Å². The summed E-state index contributed by atoms with van der Waals surface area (Å²) in [5, 5.41) is 4.04. The number of anilines is 1. The summed E-state index contributed by atoms with van der Waals surface area (Å²) >= 11 is 12.3. The third-order valence-electron chi connectivity index (χ3n) is 6.48. The van der Waals surface area contributed by atoms with Crippen molar-refractivity contribution in [3.63, 3.8) is 0 Å². The van der Waals surface area contributed by atoms with Gasteiger partial charge >= 0.3 is 0 Å². The van der Waals surface area contributed by atoms with E-state index in [1.54, 1.807) is 36.4 Å². The predicted molar refractivity (Wildman–Crippen MR) is 145 cm³/mol. The van der Waals surface area contributed by atoms with E-state index >= 15 is 0 Å². The Balaban J connectivity index is 1.92. The number of nitrogens with one attached hydrogen (secondary N) is 1. The first kappa shape index (κ1) is 28.3. The Morgan fingerprint density at radius 1 is 1.08 bits per heavy atom. The molecule has 0 radical (unpaired) electrons. The van der Waals surface area contributed by atoms with Gasteiger partial charge in [0.05, 0.1) is 11.9 Å². The van der Waals surface area contributed by atoms with Gasteiger partial charge in [-0.25, -0.2) is 8.42 Å². The molecule has 196 valence electrons. The second-order valence-electron chi connectivity index (χ2n) is 9.27. The maximum Gasteiger partial charge on any atom is 0.244 e. The summed E-state index contributed by atoms with van der Waals surface area (Å²) in [7, 11) is -3.82. The number of amides is 2. The van der Waals surface area contributed by atoms with Crippen molar-refractivity contribution < 1.29 is 18.0 Å². The molecule has 0 aromatic heterocycles. The van der Waals surface area contributed by atoms with E-state index in [9.17, 15) is 18.0 Å². The molecular formula is C26H33Cl2N3O4S. The number of hydrogen-bond acceptors (Lipinski definition) is 4. The number of sulfonamides is 1. The molecule has 3 rings (SSSR count). The summed E-state index contributed by atoms with van der Waals surface area (Å²) in [6.45, 7) is 3.33. The van der Waals surface area contributed by atoms with Crippen molar-refractivity contribution in [2.45, 2.75) is 64.6 Å². The summed E-state index contributed by atoms with van der Waals surface area (Å²) in [5.41, 5.74) is 1.86. The van der Waals surface area contributed by atoms with E-state index in [1.807, 2.05) is 13.8 Å². The highest BCUT2D eigenvalue weighted by molar-refractivity contribution is 7.92. The van der Waals surface area contributed by atoms with E-state index in [4.69, 9.17) is 23.2 Å². The van der Waals surface area contributed by atoms with Crippen LogP contribution in [0.3, 0.4) is 0 Å². The Hall–Kier alpha value is -2.29. The largest absolute Gasteiger partial charge is 0.352 e. The normalized spacial score (nSPS) is 14.9. The summed E-state index contributed by atoms with van der Waals surface area (Å²) < 4.78 is 26.4. The zero-order valence-electron chi connectivity index (χ0n) is 20.8. The molecule has 1 atom stereocenters. The lowest BCUT2D eigenvalue weighted by atomic mass is 10.1. The van der Waals surface area contributed by atoms with Crippen molar-refractivity contribution in [1.29, 1.82) is 0 Å². The average Bonchev–Trinajstić information content (AvgIpc) is 3.32. The fraction of sp³-hybridized carbons (Fsp3) is 0.462. The molecule has 0 heterocycles. The molecule has 36 heavy (non-hydrogen) atoms. The number of aryl methyl sites for hydroxylation is 1. The van der Waals surface area contributed by atoms with Crippen molar-refractivity contribution in [1.82, 2.24) is 10.2 Å². The monoisotopic (exact) mass is 553 g/mol. The quantitative estimate of drug-likeness (QED) is 0.451. The van der Waals surface area contributed by atoms with Crippen LogP contribution in [0, 0.1) is 6.92 Å². The van der Waals surface area contributed by atoms with Gasteiger partial charge in [-0.2, -0.15) is 0 Å². The van der Waals surface area contributed by atoms with Crippen LogP contribution in [0.1, 0.15) is 50.2 Å². The third-order valence-corrected chi connectivity index (χ3v) is 8.28. The molecule has 2 amide bonds. The van der Waals surface area contributed by atoms with Crippen LogP contribution in [-0.4, -0.2) is 50.0 Å². The zero-order chi connectivity index (χ0) is 26.5. The number of hydrogen-bond donors (Lipinski definition) is 1. The number of halogens is 2. The van der Waals surface area contributed by atoms with E-state index in [0.717, 1.165) is 47.4 Å². The maximum absolute atomic E-state index is 13.7. The van der Waals surface area contributed by atoms with Crippen LogP contribution in [0.15, 0.2) is 42.5 Å². The minimum atomic E-state index is -3.82. The third kappa shape index (κ3) is 7.37. The van der Waals surface area contributed by atoms with Crippen LogP contribution in [0.2, 0.25) is 10.0 Å². The van der Waals surface area contributed by atoms with Crippen LogP contribution in [-0.2, 0) is 26.2 Å². The first-order valence-electron chi connectivity index (χ1n) is 12.1. The standard InChI is InChI=1S/C26H33Cl2N3O4S/c1-4-24(26(33)29-21-7-5-6-8-21)30(16-19-10-12-20(27)13-11-19)25(32)17-31(36(3,34)35)22-14-9-18(2)23(28)15-22/h9-15,21,24H,4-8,16-17H2,1-3H3,(H,29,33)/t24-/m0/s1. The molecule has 7 nitrogen and oxygen atoms in total. The summed E-state index contributed by atoms with van der Waals surface area (Å²) in [4.78, 5) is 28.5. The Morgan fingerprint density at radius 3 is 2.28 bits per heavy atom. The molecule has 0 unspecified atom stereocenters. The van der Waals surface area contributed by atoms with Crippen LogP contribution in [0.5, 0.6) is 0 Å². The fourth-order valence-electron chi connectivity index (χ4n) is 4.42. The first-order valence-corrected chi connectivity index (χ1v) is 14.7. The van der Waals surface area contributed by atoms with E-state index in [-0.39, 0.29) is 24.2 Å². The molecule has 0 spiro atoms. The topological polar surface area (TPSA) is 86.8 Å². The van der Waals surface area contributed by atoms with Gasteiger partial charge in [0.1, 0.15) is 12.6 Å². The molecule has 1 aliphatic carbocycles. The highest BCUT2D eigenvalue weighted by atomic mass is 35.5. The second kappa shape index (κ2) is 12.3. The van der Waals surface area contributed by atoms with Crippen LogP contribution in [0.4, 0.5) is 5.69 Å². The Labute approximate surface area is 223 Å². The van der Waals surface area contributed by atoms with Gasteiger partial charge in [-0.1, -0.05) is 61.2 Å². The number of benzene rings is 2. The van der Waals surface area contributed by atoms with Gasteiger partial charge in [0.15, 0.2) is 0 Å². The lowest BCUT2D eigenvalue weighted by Crippen LogP contribution is -2.53. The van der Waals surface area contributed by atoms with Crippen LogP contribution in [0.25, 0.3) is 0 Å². The van der Waals surface area contributed by atoms with Gasteiger partial charge in [-0.05, 0) is 61.6 Å². The number of carbonyl (C=O) groups is 2. The minimum Gasteiger partial charge on any atom is -0.352 e. The number of carbonyl (C=O) groups excluding carboxylic acids is 2. The Kier molecular flexibility index (Phi) is 9.66. The van der Waals surface area contributed by atoms with Gasteiger partial charge in [0, 0.05) is 22.6 Å². The second-order valence-corrected chi connectivity index (χ2v) is 12.0. The first-order chi connectivity index (χ1) is 17.0. The molecule has 0 saturated heterocycles. The SMILES string of the molecule is CC[C@@H](C(=O)NC1CCCC1)N(Cc1ccc(Cl)cc1)C(=O)CN(c1ccc(C)c(Cl)c1)S(C)(=O)=O. The van der Waals surface area contributed by atoms with Crippen molar-refractivity contribution in [3.8, 4) is 0 Å². The molecule has 1 saturated carbocycles. The molecule has 2 aromatic carbocycles.